The van der Waals surface area contributed by atoms with Crippen molar-refractivity contribution >= 4 is 5.71 Å². The summed E-state index contributed by atoms with van der Waals surface area (Å²) in [6.45, 7) is 8.64. The van der Waals surface area contributed by atoms with Crippen molar-refractivity contribution < 1.29 is 19.0 Å². The fourth-order valence-electron chi connectivity index (χ4n) is 3.86. The van der Waals surface area contributed by atoms with Gasteiger partial charge in [0.25, 0.3) is 0 Å². The highest BCUT2D eigenvalue weighted by Gasteiger charge is 2.28. The normalized spacial score (nSPS) is 18.9. The van der Waals surface area contributed by atoms with Gasteiger partial charge >= 0.3 is 0 Å². The number of allylic oxidation sites excluding steroid dienone is 1. The number of aryl methyl sites for hydroxylation is 2. The summed E-state index contributed by atoms with van der Waals surface area (Å²) in [6.07, 6.45) is 7.15. The van der Waals surface area contributed by atoms with Gasteiger partial charge in [-0.2, -0.15) is 0 Å². The third-order valence-electron chi connectivity index (χ3n) is 5.44. The molecule has 5 nitrogen and oxygen atoms in total. The molecule has 5 heteroatoms. The fourth-order valence-corrected chi connectivity index (χ4v) is 3.86. The average molecular weight is 424 g/mol. The van der Waals surface area contributed by atoms with Crippen LogP contribution in [0.5, 0.6) is 17.2 Å². The Morgan fingerprint density at radius 2 is 1.65 bits per heavy atom. The van der Waals surface area contributed by atoms with E-state index in [1.807, 2.05) is 62.4 Å². The maximum atomic E-state index is 6.38. The van der Waals surface area contributed by atoms with Gasteiger partial charge in [-0.25, -0.2) is 0 Å². The minimum atomic E-state index is 0.160. The minimum Gasteiger partial charge on any atom is -0.490 e. The monoisotopic (exact) mass is 423 g/mol. The molecular formula is C26H33NO4. The third-order valence-corrected chi connectivity index (χ3v) is 5.44. The molecule has 0 aromatic heterocycles. The number of rotatable bonds is 9. The molecule has 166 valence electrons. The maximum absolute atomic E-state index is 6.38. The Kier molecular flexibility index (Phi) is 7.99. The zero-order chi connectivity index (χ0) is 22.2. The van der Waals surface area contributed by atoms with Crippen molar-refractivity contribution in [1.29, 1.82) is 0 Å². The molecule has 1 saturated carbocycles. The zero-order valence-corrected chi connectivity index (χ0v) is 19.2. The predicted molar refractivity (Wildman–Crippen MR) is 125 cm³/mol. The summed E-state index contributed by atoms with van der Waals surface area (Å²) < 4.78 is 18.4. The van der Waals surface area contributed by atoms with Crippen molar-refractivity contribution in [2.24, 2.45) is 5.16 Å². The van der Waals surface area contributed by atoms with Crippen LogP contribution in [0.1, 0.15) is 49.8 Å². The lowest BCUT2D eigenvalue weighted by molar-refractivity contribution is 0.164. The Morgan fingerprint density at radius 1 is 1.00 bits per heavy atom. The second-order valence-corrected chi connectivity index (χ2v) is 7.94. The van der Waals surface area contributed by atoms with Crippen LogP contribution in [0.15, 0.2) is 53.7 Å². The summed E-state index contributed by atoms with van der Waals surface area (Å²) in [5.74, 6) is 2.71. The largest absolute Gasteiger partial charge is 0.490 e. The first kappa shape index (κ1) is 22.7. The molecule has 0 amide bonds. The van der Waals surface area contributed by atoms with Gasteiger partial charge in [0.2, 0.25) is 0 Å². The molecule has 1 aliphatic rings. The lowest BCUT2D eigenvalue weighted by Gasteiger charge is -2.19. The van der Waals surface area contributed by atoms with Gasteiger partial charge < -0.3 is 19.0 Å². The van der Waals surface area contributed by atoms with E-state index in [0.29, 0.717) is 6.61 Å². The second kappa shape index (κ2) is 10.9. The fraction of sp³-hybridized carbons (Fsp3) is 0.423. The van der Waals surface area contributed by atoms with Crippen molar-refractivity contribution in [2.75, 3.05) is 13.7 Å². The van der Waals surface area contributed by atoms with Crippen LogP contribution < -0.4 is 14.2 Å². The topological polar surface area (TPSA) is 49.3 Å². The van der Waals surface area contributed by atoms with Gasteiger partial charge in [-0.05, 0) is 93.6 Å². The molecule has 2 aromatic rings. The maximum Gasteiger partial charge on any atom is 0.125 e. The first-order valence-electron chi connectivity index (χ1n) is 10.9. The van der Waals surface area contributed by atoms with Crippen LogP contribution in [0.3, 0.4) is 0 Å². The van der Waals surface area contributed by atoms with Crippen molar-refractivity contribution in [3.05, 3.63) is 65.2 Å². The van der Waals surface area contributed by atoms with Gasteiger partial charge in [-0.15, -0.1) is 0 Å². The molecule has 0 saturated heterocycles. The smallest absolute Gasteiger partial charge is 0.125 e. The Morgan fingerprint density at radius 3 is 2.26 bits per heavy atom. The van der Waals surface area contributed by atoms with Crippen molar-refractivity contribution in [2.45, 2.75) is 59.2 Å². The SMILES string of the molecule is C/C=C/COc1cc(C)c(OC2CCC(Oc3ccc(/C(C)=N\OC)cc3)C2)c(C)c1. The molecule has 0 spiro atoms. The van der Waals surface area contributed by atoms with Gasteiger partial charge in [0, 0.05) is 6.42 Å². The molecule has 0 bridgehead atoms. The molecule has 0 heterocycles. The Bertz CT molecular complexity index is 894. The lowest BCUT2D eigenvalue weighted by Crippen LogP contribution is -2.18. The van der Waals surface area contributed by atoms with E-state index in [-0.39, 0.29) is 12.2 Å². The molecule has 0 N–H and O–H groups in total. The summed E-state index contributed by atoms with van der Waals surface area (Å²) in [6, 6.07) is 12.1. The van der Waals surface area contributed by atoms with Crippen LogP contribution in [0, 0.1) is 13.8 Å². The van der Waals surface area contributed by atoms with Crippen molar-refractivity contribution in [1.82, 2.24) is 0 Å². The highest BCUT2D eigenvalue weighted by atomic mass is 16.6. The molecule has 31 heavy (non-hydrogen) atoms. The van der Waals surface area contributed by atoms with Crippen LogP contribution in [-0.2, 0) is 4.84 Å². The van der Waals surface area contributed by atoms with Crippen molar-refractivity contribution in [3.8, 4) is 17.2 Å². The molecule has 2 atom stereocenters. The van der Waals surface area contributed by atoms with Crippen LogP contribution >= 0.6 is 0 Å². The van der Waals surface area contributed by atoms with E-state index in [2.05, 4.69) is 19.0 Å². The Balaban J connectivity index is 1.56. The van der Waals surface area contributed by atoms with Crippen LogP contribution in [0.4, 0.5) is 0 Å². The van der Waals surface area contributed by atoms with Gasteiger partial charge in [-0.3, -0.25) is 0 Å². The van der Waals surface area contributed by atoms with Crippen molar-refractivity contribution in [3.63, 3.8) is 0 Å². The van der Waals surface area contributed by atoms with Gasteiger partial charge in [-0.1, -0.05) is 17.3 Å². The first-order valence-corrected chi connectivity index (χ1v) is 10.9. The van der Waals surface area contributed by atoms with E-state index < -0.39 is 0 Å². The molecule has 2 unspecified atom stereocenters. The highest BCUT2D eigenvalue weighted by molar-refractivity contribution is 5.98. The number of oxime groups is 1. The Labute approximate surface area is 185 Å². The number of nitrogens with zero attached hydrogens (tertiary/aromatic N) is 1. The second-order valence-electron chi connectivity index (χ2n) is 7.94. The van der Waals surface area contributed by atoms with E-state index in [9.17, 15) is 0 Å². The number of benzene rings is 2. The lowest BCUT2D eigenvalue weighted by atomic mass is 10.1. The van der Waals surface area contributed by atoms with Gasteiger partial charge in [0.05, 0.1) is 5.71 Å². The zero-order valence-electron chi connectivity index (χ0n) is 19.2. The molecule has 0 radical (unpaired) electrons. The van der Waals surface area contributed by atoms with E-state index in [1.54, 1.807) is 7.11 Å². The average Bonchev–Trinajstić information content (AvgIpc) is 3.18. The van der Waals surface area contributed by atoms with Crippen LogP contribution in [0.2, 0.25) is 0 Å². The molecule has 1 fully saturated rings. The van der Waals surface area contributed by atoms with E-state index in [0.717, 1.165) is 58.9 Å². The van der Waals surface area contributed by atoms with Gasteiger partial charge in [0.1, 0.15) is 43.2 Å². The minimum absolute atomic E-state index is 0.160. The summed E-state index contributed by atoms with van der Waals surface area (Å²) in [5, 5.41) is 3.96. The van der Waals surface area contributed by atoms with E-state index >= 15 is 0 Å². The molecular weight excluding hydrogens is 390 g/mol. The number of ether oxygens (including phenoxy) is 3. The first-order chi connectivity index (χ1) is 15.0. The van der Waals surface area contributed by atoms with E-state index in [1.165, 1.54) is 0 Å². The highest BCUT2D eigenvalue weighted by Crippen LogP contribution is 2.33. The molecule has 1 aliphatic carbocycles. The van der Waals surface area contributed by atoms with Gasteiger partial charge in [0.15, 0.2) is 0 Å². The summed E-state index contributed by atoms with van der Waals surface area (Å²) >= 11 is 0. The van der Waals surface area contributed by atoms with Crippen LogP contribution in [-0.4, -0.2) is 31.6 Å². The quantitative estimate of drug-likeness (QED) is 0.282. The number of hydrogen-bond acceptors (Lipinski definition) is 5. The third kappa shape index (κ3) is 6.27. The summed E-state index contributed by atoms with van der Waals surface area (Å²) in [4.78, 5) is 4.83. The molecule has 2 aromatic carbocycles. The molecule has 0 aliphatic heterocycles. The predicted octanol–water partition coefficient (Wildman–Crippen LogP) is 6.01. The molecule has 3 rings (SSSR count). The number of hydrogen-bond donors (Lipinski definition) is 0. The summed E-state index contributed by atoms with van der Waals surface area (Å²) in [5.41, 5.74) is 4.06. The Hall–Kier alpha value is -2.95. The standard InChI is InChI=1S/C26H33NO4/c1-6-7-14-29-25-15-18(2)26(19(3)16-25)31-24-13-12-23(17-24)30-22-10-8-21(9-11-22)20(4)27-28-5/h6-11,15-16,23-24H,12-14,17H2,1-5H3/b7-6+,27-20-. The summed E-state index contributed by atoms with van der Waals surface area (Å²) in [7, 11) is 1.55. The van der Waals surface area contributed by atoms with E-state index in [4.69, 9.17) is 19.0 Å². The van der Waals surface area contributed by atoms with Crippen LogP contribution in [0.25, 0.3) is 0 Å².